The topological polar surface area (TPSA) is 74.9 Å². The third-order valence-corrected chi connectivity index (χ3v) is 5.77. The predicted molar refractivity (Wildman–Crippen MR) is 113 cm³/mol. The summed E-state index contributed by atoms with van der Waals surface area (Å²) in [7, 11) is 0. The minimum absolute atomic E-state index is 0.0125. The summed E-state index contributed by atoms with van der Waals surface area (Å²) in [5.41, 5.74) is 2.19. The van der Waals surface area contributed by atoms with Gasteiger partial charge in [-0.25, -0.2) is 5.01 Å². The van der Waals surface area contributed by atoms with Crippen molar-refractivity contribution in [3.8, 4) is 0 Å². The lowest BCUT2D eigenvalue weighted by Crippen LogP contribution is -2.31. The van der Waals surface area contributed by atoms with E-state index >= 15 is 0 Å². The van der Waals surface area contributed by atoms with Crippen molar-refractivity contribution in [1.82, 2.24) is 5.01 Å². The van der Waals surface area contributed by atoms with E-state index in [1.165, 1.54) is 6.92 Å². The van der Waals surface area contributed by atoms with Crippen LogP contribution in [0.1, 0.15) is 46.1 Å². The van der Waals surface area contributed by atoms with Gasteiger partial charge in [0.05, 0.1) is 12.6 Å². The Morgan fingerprint density at radius 1 is 1.21 bits per heavy atom. The number of amides is 1. The van der Waals surface area contributed by atoms with Gasteiger partial charge in [0.1, 0.15) is 17.2 Å². The molecular formula is C22H21N3O3S. The molecule has 1 aromatic carbocycles. The largest absolute Gasteiger partial charge is 0.460 e. The number of thiophene rings is 1. The minimum atomic E-state index is -0.134. The molecule has 0 aliphatic carbocycles. The van der Waals surface area contributed by atoms with E-state index in [9.17, 15) is 9.59 Å². The molecule has 2 aromatic heterocycles. The summed E-state index contributed by atoms with van der Waals surface area (Å²) in [5, 5.41) is 11.3. The van der Waals surface area contributed by atoms with E-state index in [1.807, 2.05) is 36.6 Å². The molecule has 0 saturated heterocycles. The Morgan fingerprint density at radius 3 is 2.62 bits per heavy atom. The van der Waals surface area contributed by atoms with Crippen molar-refractivity contribution >= 4 is 34.4 Å². The Kier molecular flexibility index (Phi) is 5.31. The standard InChI is InChI=1S/C22H21N3O3S/c1-14-5-10-20(28-14)18-12-19(21-4-3-11-29-21)25(24-18)22(27)13-23-17-8-6-16(7-9-17)15(2)26/h3-11,19,23H,12-13H2,1-2H3. The van der Waals surface area contributed by atoms with Crippen LogP contribution in [0.4, 0.5) is 5.69 Å². The van der Waals surface area contributed by atoms with Crippen molar-refractivity contribution in [2.45, 2.75) is 26.3 Å². The van der Waals surface area contributed by atoms with Crippen LogP contribution in [-0.4, -0.2) is 29.0 Å². The number of aryl methyl sites for hydroxylation is 1. The summed E-state index contributed by atoms with van der Waals surface area (Å²) in [6, 6.07) is 14.7. The van der Waals surface area contributed by atoms with Crippen molar-refractivity contribution in [3.63, 3.8) is 0 Å². The molecule has 7 heteroatoms. The van der Waals surface area contributed by atoms with Crippen LogP contribution in [-0.2, 0) is 4.79 Å². The second-order valence-electron chi connectivity index (χ2n) is 6.92. The maximum absolute atomic E-state index is 13.0. The molecule has 0 radical (unpaired) electrons. The number of benzene rings is 1. The van der Waals surface area contributed by atoms with Gasteiger partial charge in [0.25, 0.3) is 5.91 Å². The van der Waals surface area contributed by atoms with Crippen LogP contribution in [0.5, 0.6) is 0 Å². The molecule has 1 atom stereocenters. The van der Waals surface area contributed by atoms with Crippen molar-refractivity contribution in [1.29, 1.82) is 0 Å². The number of ketones is 1. The highest BCUT2D eigenvalue weighted by Gasteiger charge is 2.34. The molecule has 0 bridgehead atoms. The molecule has 1 aliphatic heterocycles. The number of Topliss-reactive ketones (excluding diaryl/α,β-unsaturated/α-hetero) is 1. The normalized spacial score (nSPS) is 16.0. The number of nitrogens with one attached hydrogen (secondary N) is 1. The zero-order valence-corrected chi connectivity index (χ0v) is 17.0. The molecular weight excluding hydrogens is 386 g/mol. The molecule has 6 nitrogen and oxygen atoms in total. The van der Waals surface area contributed by atoms with Crippen molar-refractivity contribution in [3.05, 3.63) is 75.9 Å². The van der Waals surface area contributed by atoms with Crippen molar-refractivity contribution in [2.75, 3.05) is 11.9 Å². The molecule has 1 amide bonds. The van der Waals surface area contributed by atoms with Crippen LogP contribution in [0.2, 0.25) is 0 Å². The third-order valence-electron chi connectivity index (χ3n) is 4.80. The van der Waals surface area contributed by atoms with E-state index < -0.39 is 0 Å². The number of furan rings is 1. The fourth-order valence-electron chi connectivity index (χ4n) is 3.26. The molecule has 4 rings (SSSR count). The lowest BCUT2D eigenvalue weighted by Gasteiger charge is -2.21. The molecule has 1 unspecified atom stereocenters. The molecule has 0 fully saturated rings. The van der Waals surface area contributed by atoms with Crippen LogP contribution in [0, 0.1) is 6.92 Å². The fourth-order valence-corrected chi connectivity index (χ4v) is 4.07. The Bertz CT molecular complexity index is 1050. The maximum atomic E-state index is 13.0. The molecule has 0 spiro atoms. The van der Waals surface area contributed by atoms with Gasteiger partial charge < -0.3 is 9.73 Å². The molecule has 3 heterocycles. The predicted octanol–water partition coefficient (Wildman–Crippen LogP) is 4.64. The van der Waals surface area contributed by atoms with E-state index in [1.54, 1.807) is 40.6 Å². The van der Waals surface area contributed by atoms with E-state index in [2.05, 4.69) is 10.4 Å². The smallest absolute Gasteiger partial charge is 0.262 e. The Balaban J connectivity index is 1.50. The zero-order chi connectivity index (χ0) is 20.4. The number of hydrogen-bond acceptors (Lipinski definition) is 6. The SMILES string of the molecule is CC(=O)c1ccc(NCC(=O)N2N=C(c3ccc(C)o3)CC2c2cccs2)cc1. The first-order chi connectivity index (χ1) is 14.0. The number of carbonyl (C=O) groups is 2. The highest BCUT2D eigenvalue weighted by atomic mass is 32.1. The second kappa shape index (κ2) is 8.05. The highest BCUT2D eigenvalue weighted by Crippen LogP contribution is 2.35. The van der Waals surface area contributed by atoms with Crippen molar-refractivity contribution < 1.29 is 14.0 Å². The lowest BCUT2D eigenvalue weighted by atomic mass is 10.1. The Labute approximate surface area is 172 Å². The first kappa shape index (κ1) is 19.1. The number of nitrogens with zero attached hydrogens (tertiary/aromatic N) is 2. The third kappa shape index (κ3) is 4.14. The first-order valence-corrected chi connectivity index (χ1v) is 10.2. The number of hydrogen-bond donors (Lipinski definition) is 1. The highest BCUT2D eigenvalue weighted by molar-refractivity contribution is 7.10. The van der Waals surface area contributed by atoms with Gasteiger partial charge in [-0.05, 0) is 61.7 Å². The average Bonchev–Trinajstić information content (AvgIpc) is 3.46. The molecule has 3 aromatic rings. The van der Waals surface area contributed by atoms with E-state index in [4.69, 9.17) is 4.42 Å². The second-order valence-corrected chi connectivity index (χ2v) is 7.90. The fraction of sp³-hybridized carbons (Fsp3) is 0.227. The Morgan fingerprint density at radius 2 is 2.00 bits per heavy atom. The molecule has 29 heavy (non-hydrogen) atoms. The van der Waals surface area contributed by atoms with Crippen LogP contribution in [0.3, 0.4) is 0 Å². The molecule has 1 N–H and O–H groups in total. The van der Waals surface area contributed by atoms with Crippen LogP contribution < -0.4 is 5.32 Å². The van der Waals surface area contributed by atoms with Crippen molar-refractivity contribution in [2.24, 2.45) is 5.10 Å². The summed E-state index contributed by atoms with van der Waals surface area (Å²) in [4.78, 5) is 25.4. The van der Waals surface area contributed by atoms with Gasteiger partial charge in [-0.1, -0.05) is 6.07 Å². The number of hydrazone groups is 1. The van der Waals surface area contributed by atoms with E-state index in [-0.39, 0.29) is 24.3 Å². The summed E-state index contributed by atoms with van der Waals surface area (Å²) in [5.74, 6) is 1.40. The van der Waals surface area contributed by atoms with Crippen LogP contribution >= 0.6 is 11.3 Å². The molecule has 148 valence electrons. The van der Waals surface area contributed by atoms with Gasteiger partial charge in [-0.2, -0.15) is 5.10 Å². The zero-order valence-electron chi connectivity index (χ0n) is 16.2. The monoisotopic (exact) mass is 407 g/mol. The van der Waals surface area contributed by atoms with Crippen LogP contribution in [0.25, 0.3) is 0 Å². The maximum Gasteiger partial charge on any atom is 0.262 e. The number of carbonyl (C=O) groups excluding carboxylic acids is 2. The van der Waals surface area contributed by atoms with E-state index in [0.29, 0.717) is 17.7 Å². The van der Waals surface area contributed by atoms with E-state index in [0.717, 1.165) is 22.0 Å². The van der Waals surface area contributed by atoms with Gasteiger partial charge in [0.15, 0.2) is 5.78 Å². The van der Waals surface area contributed by atoms with Gasteiger partial charge in [-0.3, -0.25) is 9.59 Å². The first-order valence-electron chi connectivity index (χ1n) is 9.36. The van der Waals surface area contributed by atoms with Crippen LogP contribution in [0.15, 0.2) is 63.4 Å². The van der Waals surface area contributed by atoms with Gasteiger partial charge >= 0.3 is 0 Å². The molecule has 0 saturated carbocycles. The summed E-state index contributed by atoms with van der Waals surface area (Å²) in [6.45, 7) is 3.52. The quantitative estimate of drug-likeness (QED) is 0.604. The van der Waals surface area contributed by atoms with Gasteiger partial charge in [0, 0.05) is 22.5 Å². The minimum Gasteiger partial charge on any atom is -0.460 e. The summed E-state index contributed by atoms with van der Waals surface area (Å²) < 4.78 is 5.71. The number of rotatable bonds is 6. The number of anilines is 1. The van der Waals surface area contributed by atoms with Gasteiger partial charge in [0.2, 0.25) is 0 Å². The van der Waals surface area contributed by atoms with Gasteiger partial charge in [-0.15, -0.1) is 11.3 Å². The molecule has 1 aliphatic rings. The Hall–Kier alpha value is -3.19. The average molecular weight is 407 g/mol. The summed E-state index contributed by atoms with van der Waals surface area (Å²) in [6.07, 6.45) is 0.618. The summed E-state index contributed by atoms with van der Waals surface area (Å²) >= 11 is 1.61. The lowest BCUT2D eigenvalue weighted by molar-refractivity contribution is -0.131.